The highest BCUT2D eigenvalue weighted by Crippen LogP contribution is 2.40. The molecule has 146 valence electrons. The zero-order valence-corrected chi connectivity index (χ0v) is 17.1. The first-order valence-corrected chi connectivity index (χ1v) is 10.7. The summed E-state index contributed by atoms with van der Waals surface area (Å²) in [7, 11) is 2.31. The van der Waals surface area contributed by atoms with Crippen molar-refractivity contribution in [3.05, 3.63) is 90.8 Å². The van der Waals surface area contributed by atoms with Crippen molar-refractivity contribution in [3.8, 4) is 22.3 Å². The standard InChI is InChI=1S/C26H27N3/c1-27-16-18-28(19-17-27)20-24-26(22-12-6-3-7-13-22)25(21-10-4-2-5-11-21)23-14-8-9-15-29(23)24/h2-15H,16-20H2,1H3/p+2. The average Bonchev–Trinajstić information content (AvgIpc) is 3.11. The third-order valence-electron chi connectivity index (χ3n) is 6.30. The molecule has 0 spiro atoms. The summed E-state index contributed by atoms with van der Waals surface area (Å²) < 4.78 is 2.43. The highest BCUT2D eigenvalue weighted by molar-refractivity contribution is 5.96. The van der Waals surface area contributed by atoms with Crippen LogP contribution in [0.3, 0.4) is 0 Å². The van der Waals surface area contributed by atoms with E-state index in [1.165, 1.54) is 59.6 Å². The van der Waals surface area contributed by atoms with Gasteiger partial charge in [0.15, 0.2) is 0 Å². The lowest BCUT2D eigenvalue weighted by molar-refractivity contribution is -1.01. The van der Waals surface area contributed by atoms with Crippen LogP contribution in [0.25, 0.3) is 27.8 Å². The number of nitrogens with one attached hydrogen (secondary N) is 2. The van der Waals surface area contributed by atoms with Crippen molar-refractivity contribution in [2.45, 2.75) is 6.54 Å². The van der Waals surface area contributed by atoms with E-state index in [2.05, 4.69) is 96.5 Å². The third kappa shape index (κ3) is 3.48. The number of aromatic nitrogens is 1. The molecule has 2 aromatic heterocycles. The number of hydrogen-bond acceptors (Lipinski definition) is 0. The molecule has 29 heavy (non-hydrogen) atoms. The quantitative estimate of drug-likeness (QED) is 0.536. The van der Waals surface area contributed by atoms with E-state index in [9.17, 15) is 0 Å². The topological polar surface area (TPSA) is 13.3 Å². The van der Waals surface area contributed by atoms with Gasteiger partial charge in [-0.05, 0) is 23.3 Å². The van der Waals surface area contributed by atoms with E-state index in [0.717, 1.165) is 6.54 Å². The molecule has 3 heterocycles. The van der Waals surface area contributed by atoms with Crippen LogP contribution in [-0.4, -0.2) is 37.6 Å². The summed E-state index contributed by atoms with van der Waals surface area (Å²) in [6, 6.07) is 28.4. The van der Waals surface area contributed by atoms with Crippen LogP contribution in [0.2, 0.25) is 0 Å². The Morgan fingerprint density at radius 1 is 0.690 bits per heavy atom. The molecule has 3 heteroatoms. The highest BCUT2D eigenvalue weighted by atomic mass is 15.2. The monoisotopic (exact) mass is 383 g/mol. The Morgan fingerprint density at radius 3 is 1.93 bits per heavy atom. The van der Waals surface area contributed by atoms with Gasteiger partial charge in [0.25, 0.3) is 0 Å². The molecule has 1 aliphatic rings. The van der Waals surface area contributed by atoms with E-state index in [1.54, 1.807) is 9.80 Å². The van der Waals surface area contributed by atoms with Gasteiger partial charge in [-0.2, -0.15) is 0 Å². The molecular weight excluding hydrogens is 354 g/mol. The number of rotatable bonds is 4. The van der Waals surface area contributed by atoms with E-state index < -0.39 is 0 Å². The molecule has 0 radical (unpaired) electrons. The molecule has 1 aliphatic heterocycles. The summed E-state index contributed by atoms with van der Waals surface area (Å²) in [5.74, 6) is 0. The number of fused-ring (bicyclic) bond motifs is 1. The Balaban J connectivity index is 1.73. The Morgan fingerprint density at radius 2 is 1.28 bits per heavy atom. The van der Waals surface area contributed by atoms with Gasteiger partial charge in [0.05, 0.1) is 18.3 Å². The van der Waals surface area contributed by atoms with Gasteiger partial charge in [0.1, 0.15) is 32.7 Å². The Bertz CT molecular complexity index is 1090. The molecule has 0 atom stereocenters. The number of pyridine rings is 1. The maximum absolute atomic E-state index is 2.43. The summed E-state index contributed by atoms with van der Waals surface area (Å²) in [6.07, 6.45) is 2.24. The number of quaternary nitrogens is 2. The molecular formula is C26H29N3+2. The van der Waals surface area contributed by atoms with Crippen molar-refractivity contribution < 1.29 is 9.80 Å². The lowest BCUT2D eigenvalue weighted by Gasteiger charge is -2.27. The van der Waals surface area contributed by atoms with Gasteiger partial charge in [-0.3, -0.25) is 0 Å². The molecule has 0 aliphatic carbocycles. The van der Waals surface area contributed by atoms with Crippen molar-refractivity contribution in [1.29, 1.82) is 0 Å². The van der Waals surface area contributed by atoms with E-state index in [0.29, 0.717) is 0 Å². The highest BCUT2D eigenvalue weighted by Gasteiger charge is 2.26. The fraction of sp³-hybridized carbons (Fsp3) is 0.231. The van der Waals surface area contributed by atoms with Crippen molar-refractivity contribution in [1.82, 2.24) is 4.40 Å². The van der Waals surface area contributed by atoms with Crippen LogP contribution >= 0.6 is 0 Å². The first-order chi connectivity index (χ1) is 14.3. The van der Waals surface area contributed by atoms with Crippen LogP contribution < -0.4 is 9.80 Å². The van der Waals surface area contributed by atoms with Crippen LogP contribution in [0.1, 0.15) is 5.69 Å². The second kappa shape index (κ2) is 7.86. The van der Waals surface area contributed by atoms with Crippen molar-refractivity contribution in [3.63, 3.8) is 0 Å². The molecule has 0 saturated carbocycles. The number of piperazine rings is 1. The normalized spacial score (nSPS) is 19.5. The van der Waals surface area contributed by atoms with Crippen molar-refractivity contribution >= 4 is 5.52 Å². The first-order valence-electron chi connectivity index (χ1n) is 10.7. The summed E-state index contributed by atoms with van der Waals surface area (Å²) in [5.41, 5.74) is 8.07. The van der Waals surface area contributed by atoms with Gasteiger partial charge in [-0.1, -0.05) is 66.7 Å². The molecule has 4 aromatic rings. The molecule has 0 bridgehead atoms. The molecule has 0 unspecified atom stereocenters. The predicted octanol–water partition coefficient (Wildman–Crippen LogP) is 2.19. The lowest BCUT2D eigenvalue weighted by atomic mass is 9.95. The first kappa shape index (κ1) is 18.2. The second-order valence-electron chi connectivity index (χ2n) is 8.27. The maximum atomic E-state index is 2.43. The lowest BCUT2D eigenvalue weighted by Crippen LogP contribution is -3.26. The van der Waals surface area contributed by atoms with Crippen LogP contribution in [-0.2, 0) is 6.54 Å². The van der Waals surface area contributed by atoms with Gasteiger partial charge >= 0.3 is 0 Å². The van der Waals surface area contributed by atoms with Gasteiger partial charge < -0.3 is 14.2 Å². The minimum absolute atomic E-state index is 1.07. The van der Waals surface area contributed by atoms with Gasteiger partial charge in [0.2, 0.25) is 0 Å². The zero-order valence-electron chi connectivity index (χ0n) is 17.1. The van der Waals surface area contributed by atoms with Gasteiger partial charge in [-0.25, -0.2) is 0 Å². The summed E-state index contributed by atoms with van der Waals surface area (Å²) in [6.45, 7) is 6.05. The van der Waals surface area contributed by atoms with Gasteiger partial charge in [0, 0.05) is 17.3 Å². The fourth-order valence-corrected chi connectivity index (χ4v) is 4.71. The van der Waals surface area contributed by atoms with Gasteiger partial charge in [-0.15, -0.1) is 0 Å². The van der Waals surface area contributed by atoms with E-state index >= 15 is 0 Å². The third-order valence-corrected chi connectivity index (χ3v) is 6.30. The fourth-order valence-electron chi connectivity index (χ4n) is 4.71. The Labute approximate surface area is 172 Å². The molecule has 1 saturated heterocycles. The largest absolute Gasteiger partial charge is 0.328 e. The van der Waals surface area contributed by atoms with Crippen molar-refractivity contribution in [2.24, 2.45) is 0 Å². The van der Waals surface area contributed by atoms with Crippen LogP contribution in [0, 0.1) is 0 Å². The molecule has 0 amide bonds. The van der Waals surface area contributed by atoms with Crippen molar-refractivity contribution in [2.75, 3.05) is 33.2 Å². The Hall–Kier alpha value is -2.88. The summed E-state index contributed by atoms with van der Waals surface area (Å²) in [5, 5.41) is 0. The zero-order chi connectivity index (χ0) is 19.6. The second-order valence-corrected chi connectivity index (χ2v) is 8.27. The minimum atomic E-state index is 1.07. The van der Waals surface area contributed by atoms with Crippen LogP contribution in [0.15, 0.2) is 85.1 Å². The average molecular weight is 384 g/mol. The number of benzene rings is 2. The maximum Gasteiger partial charge on any atom is 0.127 e. The van der Waals surface area contributed by atoms with Crippen LogP contribution in [0.4, 0.5) is 0 Å². The number of hydrogen-bond donors (Lipinski definition) is 2. The summed E-state index contributed by atoms with van der Waals surface area (Å²) >= 11 is 0. The minimum Gasteiger partial charge on any atom is -0.328 e. The number of nitrogens with zero attached hydrogens (tertiary/aromatic N) is 1. The SMILES string of the molecule is C[NH+]1CC[NH+](Cc2c(-c3ccccc3)c(-c3ccccc3)c3ccccn23)CC1. The number of likely N-dealkylation sites (N-methyl/N-ethyl adjacent to an activating group) is 1. The van der Waals surface area contributed by atoms with E-state index in [4.69, 9.17) is 0 Å². The summed E-state index contributed by atoms with van der Waals surface area (Å²) in [4.78, 5) is 3.35. The predicted molar refractivity (Wildman–Crippen MR) is 119 cm³/mol. The Kier molecular flexibility index (Phi) is 4.92. The van der Waals surface area contributed by atoms with Crippen LogP contribution in [0.5, 0.6) is 0 Å². The molecule has 3 nitrogen and oxygen atoms in total. The molecule has 1 fully saturated rings. The molecule has 2 N–H and O–H groups in total. The smallest absolute Gasteiger partial charge is 0.127 e. The van der Waals surface area contributed by atoms with E-state index in [-0.39, 0.29) is 0 Å². The molecule has 5 rings (SSSR count). The van der Waals surface area contributed by atoms with E-state index in [1.807, 2.05) is 0 Å². The molecule has 2 aromatic carbocycles.